The van der Waals surface area contributed by atoms with E-state index in [-0.39, 0.29) is 0 Å². The first kappa shape index (κ1) is 9.44. The highest BCUT2D eigenvalue weighted by Crippen LogP contribution is 1.94. The van der Waals surface area contributed by atoms with E-state index in [1.165, 1.54) is 0 Å². The van der Waals surface area contributed by atoms with E-state index in [0.717, 1.165) is 25.7 Å². The highest BCUT2D eigenvalue weighted by atomic mass is 16.2. The van der Waals surface area contributed by atoms with Gasteiger partial charge in [-0.15, -0.1) is 6.58 Å². The van der Waals surface area contributed by atoms with Gasteiger partial charge in [-0.1, -0.05) is 18.2 Å². The predicted molar refractivity (Wildman–Crippen MR) is 44.9 cm³/mol. The van der Waals surface area contributed by atoms with Crippen LogP contribution in [0, 0.1) is 0 Å². The molecule has 0 amide bonds. The maximum absolute atomic E-state index is 8.42. The highest BCUT2D eigenvalue weighted by molar-refractivity contribution is 4.83. The van der Waals surface area contributed by atoms with E-state index in [9.17, 15) is 0 Å². The predicted octanol–water partition coefficient (Wildman–Crippen LogP) is 2.28. The van der Waals surface area contributed by atoms with Gasteiger partial charge in [0.2, 0.25) is 0 Å². The maximum Gasteiger partial charge on any atom is 0.0433 e. The molecule has 0 aromatic carbocycles. The van der Waals surface area contributed by atoms with Gasteiger partial charge >= 0.3 is 0 Å². The minimum absolute atomic E-state index is 0.297. The van der Waals surface area contributed by atoms with E-state index in [1.54, 1.807) is 0 Å². The second-order valence-corrected chi connectivity index (χ2v) is 2.20. The van der Waals surface area contributed by atoms with Crippen LogP contribution in [0.4, 0.5) is 0 Å². The Hall–Kier alpha value is -0.560. The van der Waals surface area contributed by atoms with Gasteiger partial charge in [-0.2, -0.15) is 0 Å². The standard InChI is InChI=1S/C9H16O/c1-2-3-4-5-6-7-8-9-10/h2,5-6,10H,1,3-4,7-9H2/b6-5+. The van der Waals surface area contributed by atoms with Crippen molar-refractivity contribution in [2.75, 3.05) is 6.61 Å². The van der Waals surface area contributed by atoms with Crippen molar-refractivity contribution >= 4 is 0 Å². The Kier molecular flexibility index (Phi) is 7.97. The molecule has 0 aliphatic rings. The molecule has 0 aromatic heterocycles. The third kappa shape index (κ3) is 7.44. The lowest BCUT2D eigenvalue weighted by atomic mass is 10.2. The smallest absolute Gasteiger partial charge is 0.0433 e. The van der Waals surface area contributed by atoms with Crippen LogP contribution in [-0.2, 0) is 0 Å². The molecule has 0 rings (SSSR count). The van der Waals surface area contributed by atoms with E-state index >= 15 is 0 Å². The summed E-state index contributed by atoms with van der Waals surface area (Å²) in [5, 5.41) is 8.42. The van der Waals surface area contributed by atoms with Crippen LogP contribution in [0.5, 0.6) is 0 Å². The van der Waals surface area contributed by atoms with E-state index in [4.69, 9.17) is 5.11 Å². The molecule has 0 heterocycles. The summed E-state index contributed by atoms with van der Waals surface area (Å²) in [5.41, 5.74) is 0. The van der Waals surface area contributed by atoms with Crippen LogP contribution in [0.3, 0.4) is 0 Å². The molecule has 0 aliphatic carbocycles. The summed E-state index contributed by atoms with van der Waals surface area (Å²) >= 11 is 0. The van der Waals surface area contributed by atoms with Crippen molar-refractivity contribution < 1.29 is 5.11 Å². The van der Waals surface area contributed by atoms with Crippen LogP contribution in [-0.4, -0.2) is 11.7 Å². The first-order valence-corrected chi connectivity index (χ1v) is 3.78. The van der Waals surface area contributed by atoms with Crippen molar-refractivity contribution in [3.8, 4) is 0 Å². The fraction of sp³-hybridized carbons (Fsp3) is 0.556. The topological polar surface area (TPSA) is 20.2 Å². The molecule has 0 unspecified atom stereocenters. The van der Waals surface area contributed by atoms with Crippen molar-refractivity contribution in [1.29, 1.82) is 0 Å². The lowest BCUT2D eigenvalue weighted by Crippen LogP contribution is -1.78. The third-order valence-electron chi connectivity index (χ3n) is 1.23. The Morgan fingerprint density at radius 2 is 1.80 bits per heavy atom. The molecule has 1 heteroatoms. The minimum atomic E-state index is 0.297. The first-order valence-electron chi connectivity index (χ1n) is 3.78. The molecule has 0 aliphatic heterocycles. The number of aliphatic hydroxyl groups excluding tert-OH is 1. The number of aliphatic hydroxyl groups is 1. The second kappa shape index (κ2) is 8.44. The summed E-state index contributed by atoms with van der Waals surface area (Å²) in [6, 6.07) is 0. The van der Waals surface area contributed by atoms with Crippen molar-refractivity contribution in [2.24, 2.45) is 0 Å². The van der Waals surface area contributed by atoms with Gasteiger partial charge in [0.25, 0.3) is 0 Å². The van der Waals surface area contributed by atoms with Crippen molar-refractivity contribution in [3.05, 3.63) is 24.8 Å². The van der Waals surface area contributed by atoms with Gasteiger partial charge in [-0.25, -0.2) is 0 Å². The van der Waals surface area contributed by atoms with Gasteiger partial charge in [0.1, 0.15) is 0 Å². The number of hydrogen-bond donors (Lipinski definition) is 1. The molecule has 10 heavy (non-hydrogen) atoms. The third-order valence-corrected chi connectivity index (χ3v) is 1.23. The molecule has 0 fully saturated rings. The molecule has 1 nitrogen and oxygen atoms in total. The largest absolute Gasteiger partial charge is 0.396 e. The van der Waals surface area contributed by atoms with Crippen LogP contribution in [0.2, 0.25) is 0 Å². The summed E-state index contributed by atoms with van der Waals surface area (Å²) in [5.74, 6) is 0. The van der Waals surface area contributed by atoms with E-state index in [2.05, 4.69) is 18.7 Å². The maximum atomic E-state index is 8.42. The molecule has 0 bridgehead atoms. The van der Waals surface area contributed by atoms with Crippen molar-refractivity contribution in [2.45, 2.75) is 25.7 Å². The first-order chi connectivity index (χ1) is 4.91. The zero-order valence-corrected chi connectivity index (χ0v) is 6.42. The molecule has 0 spiro atoms. The molecule has 0 saturated heterocycles. The Morgan fingerprint density at radius 3 is 2.40 bits per heavy atom. The van der Waals surface area contributed by atoms with Gasteiger partial charge in [0, 0.05) is 6.61 Å². The van der Waals surface area contributed by atoms with Crippen molar-refractivity contribution in [1.82, 2.24) is 0 Å². The lowest BCUT2D eigenvalue weighted by Gasteiger charge is -1.87. The van der Waals surface area contributed by atoms with Gasteiger partial charge in [0.15, 0.2) is 0 Å². The molecule has 0 radical (unpaired) electrons. The lowest BCUT2D eigenvalue weighted by molar-refractivity contribution is 0.289. The highest BCUT2D eigenvalue weighted by Gasteiger charge is 1.78. The number of hydrogen-bond acceptors (Lipinski definition) is 1. The number of unbranched alkanes of at least 4 members (excludes halogenated alkanes) is 2. The second-order valence-electron chi connectivity index (χ2n) is 2.20. The molecule has 1 N–H and O–H groups in total. The fourth-order valence-electron chi connectivity index (χ4n) is 0.659. The van der Waals surface area contributed by atoms with Crippen LogP contribution >= 0.6 is 0 Å². The van der Waals surface area contributed by atoms with Crippen LogP contribution < -0.4 is 0 Å². The fourth-order valence-corrected chi connectivity index (χ4v) is 0.659. The monoisotopic (exact) mass is 140 g/mol. The van der Waals surface area contributed by atoms with Gasteiger partial charge in [-0.3, -0.25) is 0 Å². The van der Waals surface area contributed by atoms with Gasteiger partial charge < -0.3 is 5.11 Å². The Labute approximate surface area is 63.1 Å². The average molecular weight is 140 g/mol. The van der Waals surface area contributed by atoms with Crippen LogP contribution in [0.15, 0.2) is 24.8 Å². The summed E-state index contributed by atoms with van der Waals surface area (Å²) < 4.78 is 0. The molecular formula is C9H16O. The quantitative estimate of drug-likeness (QED) is 0.443. The zero-order chi connectivity index (χ0) is 7.66. The molecule has 0 saturated carbocycles. The minimum Gasteiger partial charge on any atom is -0.396 e. The summed E-state index contributed by atoms with van der Waals surface area (Å²) in [4.78, 5) is 0. The zero-order valence-electron chi connectivity index (χ0n) is 6.42. The Morgan fingerprint density at radius 1 is 1.10 bits per heavy atom. The van der Waals surface area contributed by atoms with E-state index in [1.807, 2.05) is 6.08 Å². The normalized spacial score (nSPS) is 10.5. The summed E-state index contributed by atoms with van der Waals surface area (Å²) in [6.45, 7) is 3.92. The van der Waals surface area contributed by atoms with E-state index in [0.29, 0.717) is 6.61 Å². The molecule has 0 atom stereocenters. The number of allylic oxidation sites excluding steroid dienone is 3. The van der Waals surface area contributed by atoms with Crippen LogP contribution in [0.25, 0.3) is 0 Å². The Bertz CT molecular complexity index is 94.9. The van der Waals surface area contributed by atoms with Crippen LogP contribution in [0.1, 0.15) is 25.7 Å². The SMILES string of the molecule is C=CCC/C=C/CCCO. The molecule has 58 valence electrons. The summed E-state index contributed by atoms with van der Waals surface area (Å²) in [7, 11) is 0. The van der Waals surface area contributed by atoms with Gasteiger partial charge in [-0.05, 0) is 25.7 Å². The van der Waals surface area contributed by atoms with Crippen molar-refractivity contribution in [3.63, 3.8) is 0 Å². The molecule has 0 aromatic rings. The Balaban J connectivity index is 2.96. The summed E-state index contributed by atoms with van der Waals surface area (Å²) in [6.07, 6.45) is 10.2. The molecular weight excluding hydrogens is 124 g/mol. The van der Waals surface area contributed by atoms with E-state index < -0.39 is 0 Å². The van der Waals surface area contributed by atoms with Gasteiger partial charge in [0.05, 0.1) is 0 Å². The number of rotatable bonds is 6. The average Bonchev–Trinajstić information content (AvgIpc) is 1.97.